The molecule has 0 amide bonds. The fourth-order valence-electron chi connectivity index (χ4n) is 1.86. The number of anilines is 2. The molecule has 27 heavy (non-hydrogen) atoms. The molecule has 7 nitrogen and oxygen atoms in total. The predicted octanol–water partition coefficient (Wildman–Crippen LogP) is 2.95. The second-order valence-corrected chi connectivity index (χ2v) is 9.89. The minimum absolute atomic E-state index is 0.191. The van der Waals surface area contributed by atoms with E-state index in [4.69, 9.17) is 0 Å². The number of benzene rings is 2. The molecule has 0 heterocycles. The first-order chi connectivity index (χ1) is 12.4. The summed E-state index contributed by atoms with van der Waals surface area (Å²) in [6.45, 7) is 0. The summed E-state index contributed by atoms with van der Waals surface area (Å²) in [5.74, 6) is -1.13. The normalized spacial score (nSPS) is 12.5. The van der Waals surface area contributed by atoms with Gasteiger partial charge in [0, 0.05) is 11.8 Å². The van der Waals surface area contributed by atoms with E-state index >= 15 is 0 Å². The summed E-state index contributed by atoms with van der Waals surface area (Å²) < 4.78 is 107. The van der Waals surface area contributed by atoms with Crippen LogP contribution in [0.2, 0.25) is 0 Å². The lowest BCUT2D eigenvalue weighted by atomic mass is 10.2. The summed E-state index contributed by atoms with van der Waals surface area (Å²) in [4.78, 5) is 0. The highest BCUT2D eigenvalue weighted by Gasteiger charge is 2.32. The van der Waals surface area contributed by atoms with Crippen molar-refractivity contribution in [1.29, 1.82) is 0 Å². The molecule has 0 saturated carbocycles. The van der Waals surface area contributed by atoms with Crippen molar-refractivity contribution in [3.8, 4) is 5.75 Å². The Morgan fingerprint density at radius 2 is 1.33 bits per heavy atom. The van der Waals surface area contributed by atoms with E-state index in [1.807, 2.05) is 0 Å². The molecular weight excluding hydrogens is 416 g/mol. The van der Waals surface area contributed by atoms with E-state index < -0.39 is 47.0 Å². The van der Waals surface area contributed by atoms with Gasteiger partial charge in [0.15, 0.2) is 11.6 Å². The van der Waals surface area contributed by atoms with Crippen LogP contribution in [0.3, 0.4) is 0 Å². The molecule has 0 aliphatic carbocycles. The third kappa shape index (κ3) is 4.80. The molecule has 0 fully saturated rings. The van der Waals surface area contributed by atoms with Crippen molar-refractivity contribution in [2.24, 2.45) is 0 Å². The standard InChI is InChI=1S/C14H12F4N2O5S2/c1-25-13-7-6-11(8-12(13)15)20-27(23,24)26(21,22)19-10-4-2-9(3-5-10)14(16,17)18/h2-8,19-20H,1H3. The third-order valence-electron chi connectivity index (χ3n) is 3.14. The number of ether oxygens (including phenoxy) is 1. The first-order valence-corrected chi connectivity index (χ1v) is 10.4. The largest absolute Gasteiger partial charge is 0.494 e. The van der Waals surface area contributed by atoms with Crippen molar-refractivity contribution in [1.82, 2.24) is 0 Å². The lowest BCUT2D eigenvalue weighted by Gasteiger charge is -2.12. The van der Waals surface area contributed by atoms with Crippen LogP contribution in [0, 0.1) is 5.82 Å². The molecule has 0 bridgehead atoms. The van der Waals surface area contributed by atoms with Crippen LogP contribution in [0.1, 0.15) is 5.56 Å². The number of alkyl halides is 3. The van der Waals surface area contributed by atoms with Crippen LogP contribution in [0.15, 0.2) is 42.5 Å². The zero-order chi connectivity index (χ0) is 20.5. The molecule has 2 N–H and O–H groups in total. The molecule has 0 saturated heterocycles. The predicted molar refractivity (Wildman–Crippen MR) is 89.5 cm³/mol. The zero-order valence-electron chi connectivity index (χ0n) is 13.4. The van der Waals surface area contributed by atoms with E-state index in [1.54, 1.807) is 9.44 Å². The highest BCUT2D eigenvalue weighted by atomic mass is 33.2. The summed E-state index contributed by atoms with van der Waals surface area (Å²) >= 11 is 0. The number of rotatable bonds is 6. The molecule has 0 atom stereocenters. The highest BCUT2D eigenvalue weighted by molar-refractivity contribution is 8.68. The number of hydrogen-bond donors (Lipinski definition) is 2. The van der Waals surface area contributed by atoms with Gasteiger partial charge < -0.3 is 4.74 Å². The van der Waals surface area contributed by atoms with Crippen LogP contribution in [0.5, 0.6) is 5.75 Å². The van der Waals surface area contributed by atoms with Crippen molar-refractivity contribution in [3.63, 3.8) is 0 Å². The molecule has 2 aromatic rings. The van der Waals surface area contributed by atoms with Crippen molar-refractivity contribution in [2.75, 3.05) is 16.6 Å². The van der Waals surface area contributed by atoms with E-state index in [9.17, 15) is 34.4 Å². The maximum absolute atomic E-state index is 13.6. The number of nitrogens with one attached hydrogen (secondary N) is 2. The molecule has 148 valence electrons. The molecule has 2 rings (SSSR count). The first-order valence-electron chi connectivity index (χ1n) is 6.92. The molecule has 13 heteroatoms. The lowest BCUT2D eigenvalue weighted by molar-refractivity contribution is -0.137. The molecule has 2 aromatic carbocycles. The second kappa shape index (κ2) is 7.23. The Morgan fingerprint density at radius 3 is 1.78 bits per heavy atom. The second-order valence-electron chi connectivity index (χ2n) is 5.04. The molecule has 0 aliphatic heterocycles. The highest BCUT2D eigenvalue weighted by Crippen LogP contribution is 2.30. The molecular formula is C14H12F4N2O5S2. The van der Waals surface area contributed by atoms with Gasteiger partial charge in [-0.05, 0) is 36.4 Å². The van der Waals surface area contributed by atoms with E-state index in [0.29, 0.717) is 18.2 Å². The Hall–Kier alpha value is -2.54. The van der Waals surface area contributed by atoms with Gasteiger partial charge in [0.25, 0.3) is 0 Å². The Morgan fingerprint density at radius 1 is 0.852 bits per heavy atom. The van der Waals surface area contributed by atoms with E-state index in [1.165, 1.54) is 7.11 Å². The van der Waals surface area contributed by atoms with Crippen LogP contribution < -0.4 is 14.2 Å². The Labute approximate surface area is 151 Å². The fraction of sp³-hybridized carbons (Fsp3) is 0.143. The van der Waals surface area contributed by atoms with E-state index in [-0.39, 0.29) is 5.75 Å². The summed E-state index contributed by atoms with van der Waals surface area (Å²) in [6, 6.07) is 5.50. The van der Waals surface area contributed by atoms with Gasteiger partial charge in [-0.2, -0.15) is 30.0 Å². The van der Waals surface area contributed by atoms with Gasteiger partial charge in [-0.1, -0.05) is 0 Å². The monoisotopic (exact) mass is 428 g/mol. The molecule has 0 spiro atoms. The SMILES string of the molecule is COc1ccc(NS(=O)(=O)S(=O)(=O)Nc2ccc(C(F)(F)F)cc2)cc1F. The Balaban J connectivity index is 2.23. The van der Waals surface area contributed by atoms with Gasteiger partial charge in [0.2, 0.25) is 0 Å². The first kappa shape index (κ1) is 20.8. The Kier molecular flexibility index (Phi) is 5.56. The maximum Gasteiger partial charge on any atom is 0.416 e. The molecule has 0 aromatic heterocycles. The van der Waals surface area contributed by atoms with Crippen molar-refractivity contribution >= 4 is 29.5 Å². The minimum Gasteiger partial charge on any atom is -0.494 e. The van der Waals surface area contributed by atoms with Crippen LogP contribution in [0.4, 0.5) is 28.9 Å². The van der Waals surface area contributed by atoms with Gasteiger partial charge in [-0.3, -0.25) is 9.44 Å². The van der Waals surface area contributed by atoms with Gasteiger partial charge >= 0.3 is 24.3 Å². The average Bonchev–Trinajstić information content (AvgIpc) is 2.53. The zero-order valence-corrected chi connectivity index (χ0v) is 15.0. The lowest BCUT2D eigenvalue weighted by Crippen LogP contribution is -2.29. The van der Waals surface area contributed by atoms with Crippen LogP contribution in [0.25, 0.3) is 0 Å². The topological polar surface area (TPSA) is 102 Å². The quantitative estimate of drug-likeness (QED) is 0.544. The Bertz CT molecular complexity index is 1040. The summed E-state index contributed by atoms with van der Waals surface area (Å²) in [7, 11) is -9.04. The minimum atomic E-state index is -5.11. The average molecular weight is 428 g/mol. The molecule has 0 aliphatic rings. The maximum atomic E-state index is 13.6. The number of hydrogen-bond acceptors (Lipinski definition) is 5. The third-order valence-corrected chi connectivity index (χ3v) is 6.92. The van der Waals surface area contributed by atoms with E-state index in [0.717, 1.165) is 24.3 Å². The van der Waals surface area contributed by atoms with Crippen LogP contribution in [-0.2, 0) is 24.3 Å². The van der Waals surface area contributed by atoms with E-state index in [2.05, 4.69) is 4.74 Å². The van der Waals surface area contributed by atoms with Crippen molar-refractivity contribution in [2.45, 2.75) is 6.18 Å². The van der Waals surface area contributed by atoms with Crippen molar-refractivity contribution < 1.29 is 39.1 Å². The van der Waals surface area contributed by atoms with Gasteiger partial charge in [-0.25, -0.2) is 4.39 Å². The molecule has 0 radical (unpaired) electrons. The summed E-state index contributed by atoms with van der Waals surface area (Å²) in [5.41, 5.74) is -1.85. The number of methoxy groups -OCH3 is 1. The number of halogens is 4. The van der Waals surface area contributed by atoms with Crippen LogP contribution in [-0.4, -0.2) is 23.9 Å². The fourth-order valence-corrected chi connectivity index (χ4v) is 4.15. The van der Waals surface area contributed by atoms with Crippen molar-refractivity contribution in [3.05, 3.63) is 53.8 Å². The summed E-state index contributed by atoms with van der Waals surface area (Å²) in [5, 5.41) is 0. The summed E-state index contributed by atoms with van der Waals surface area (Å²) in [6.07, 6.45) is -4.64. The van der Waals surface area contributed by atoms with Gasteiger partial charge in [0.05, 0.1) is 18.4 Å². The van der Waals surface area contributed by atoms with Gasteiger partial charge in [-0.15, -0.1) is 0 Å². The van der Waals surface area contributed by atoms with Gasteiger partial charge in [0.1, 0.15) is 0 Å². The molecule has 0 unspecified atom stereocenters. The smallest absolute Gasteiger partial charge is 0.416 e. The van der Waals surface area contributed by atoms with Crippen LogP contribution >= 0.6 is 0 Å².